The summed E-state index contributed by atoms with van der Waals surface area (Å²) in [6.07, 6.45) is 1.14. The van der Waals surface area contributed by atoms with E-state index >= 15 is 0 Å². The Kier molecular flexibility index (Phi) is 7.10. The summed E-state index contributed by atoms with van der Waals surface area (Å²) in [5.74, 6) is -0.503. The molecule has 0 aliphatic heterocycles. The molecule has 0 bridgehead atoms. The first-order chi connectivity index (χ1) is 16.8. The summed E-state index contributed by atoms with van der Waals surface area (Å²) >= 11 is 0. The van der Waals surface area contributed by atoms with Crippen molar-refractivity contribution in [3.63, 3.8) is 0 Å². The molecule has 1 aliphatic rings. The van der Waals surface area contributed by atoms with E-state index in [0.717, 1.165) is 16.7 Å². The van der Waals surface area contributed by atoms with Crippen LogP contribution in [0.1, 0.15) is 46.5 Å². The van der Waals surface area contributed by atoms with Gasteiger partial charge in [-0.25, -0.2) is 4.79 Å². The van der Waals surface area contributed by atoms with Crippen LogP contribution < -0.4 is 14.8 Å². The molecule has 6 nitrogen and oxygen atoms in total. The average Bonchev–Trinajstić information content (AvgIpc) is 3.19. The van der Waals surface area contributed by atoms with Gasteiger partial charge in [-0.3, -0.25) is 4.79 Å². The van der Waals surface area contributed by atoms with Crippen molar-refractivity contribution in [3.05, 3.63) is 94.5 Å². The number of carbonyl (C=O) groups is 2. The number of carbonyl (C=O) groups excluding carboxylic acids is 1. The van der Waals surface area contributed by atoms with Gasteiger partial charge in [-0.05, 0) is 55.7 Å². The lowest BCUT2D eigenvalue weighted by Crippen LogP contribution is -2.55. The van der Waals surface area contributed by atoms with Crippen LogP contribution in [0.15, 0.2) is 66.7 Å². The highest BCUT2D eigenvalue weighted by Gasteiger charge is 2.45. The molecule has 0 saturated heterocycles. The van der Waals surface area contributed by atoms with Crippen molar-refractivity contribution in [1.29, 1.82) is 0 Å². The zero-order chi connectivity index (χ0) is 25.0. The first-order valence-corrected chi connectivity index (χ1v) is 11.9. The maximum atomic E-state index is 13.2. The summed E-state index contributed by atoms with van der Waals surface area (Å²) in [5.41, 5.74) is 3.18. The Bertz CT molecular complexity index is 1210. The first kappa shape index (κ1) is 24.3. The van der Waals surface area contributed by atoms with Crippen LogP contribution in [0.2, 0.25) is 0 Å². The van der Waals surface area contributed by atoms with Gasteiger partial charge in [0, 0.05) is 24.8 Å². The number of hydrogen-bond donors (Lipinski definition) is 2. The third kappa shape index (κ3) is 5.65. The maximum Gasteiger partial charge on any atom is 0.330 e. The number of carboxylic acids is 1. The van der Waals surface area contributed by atoms with Crippen LogP contribution in [0, 0.1) is 6.92 Å². The topological polar surface area (TPSA) is 84.9 Å². The summed E-state index contributed by atoms with van der Waals surface area (Å²) in [7, 11) is 0. The average molecular weight is 474 g/mol. The molecule has 0 unspecified atom stereocenters. The summed E-state index contributed by atoms with van der Waals surface area (Å²) in [6, 6.07) is 20.8. The van der Waals surface area contributed by atoms with Gasteiger partial charge in [0.05, 0.1) is 12.7 Å². The Balaban J connectivity index is 1.52. The van der Waals surface area contributed by atoms with E-state index in [0.29, 0.717) is 30.1 Å². The van der Waals surface area contributed by atoms with Gasteiger partial charge in [0.1, 0.15) is 5.54 Å². The summed E-state index contributed by atoms with van der Waals surface area (Å²) in [5, 5.41) is 12.8. The molecule has 35 heavy (non-hydrogen) atoms. The smallest absolute Gasteiger partial charge is 0.330 e. The molecule has 0 aromatic heterocycles. The van der Waals surface area contributed by atoms with Crippen molar-refractivity contribution >= 4 is 11.9 Å². The second-order valence-electron chi connectivity index (χ2n) is 9.38. The number of aliphatic carboxylic acids is 1. The molecule has 0 heterocycles. The Morgan fingerprint density at radius 2 is 1.69 bits per heavy atom. The van der Waals surface area contributed by atoms with Crippen molar-refractivity contribution in [2.75, 3.05) is 6.61 Å². The monoisotopic (exact) mass is 473 g/mol. The SMILES string of the molecule is Cc1cccc(CCOc2cc(C(=O)NC3(C(=O)O)Cc4ccccc4C3)ccc2OC(C)C)c1. The van der Waals surface area contributed by atoms with Crippen molar-refractivity contribution in [2.45, 2.75) is 51.7 Å². The molecule has 0 atom stereocenters. The van der Waals surface area contributed by atoms with E-state index in [1.807, 2.05) is 57.2 Å². The molecule has 2 N–H and O–H groups in total. The van der Waals surface area contributed by atoms with Gasteiger partial charge >= 0.3 is 5.97 Å². The summed E-state index contributed by atoms with van der Waals surface area (Å²) in [6.45, 7) is 6.31. The van der Waals surface area contributed by atoms with Gasteiger partial charge in [0.15, 0.2) is 11.5 Å². The van der Waals surface area contributed by atoms with Gasteiger partial charge in [-0.1, -0.05) is 54.1 Å². The van der Waals surface area contributed by atoms with Crippen LogP contribution >= 0.6 is 0 Å². The molecule has 0 spiro atoms. The van der Waals surface area contributed by atoms with E-state index in [-0.39, 0.29) is 18.9 Å². The molecule has 182 valence electrons. The second-order valence-corrected chi connectivity index (χ2v) is 9.38. The Morgan fingerprint density at radius 3 is 2.31 bits per heavy atom. The zero-order valence-corrected chi connectivity index (χ0v) is 20.3. The number of aryl methyl sites for hydroxylation is 1. The second kappa shape index (κ2) is 10.2. The minimum Gasteiger partial charge on any atom is -0.489 e. The standard InChI is InChI=1S/C29H31NO5/c1-19(2)35-25-12-11-22(16-26(25)34-14-13-21-8-6-7-20(3)15-21)27(31)30-29(28(32)33)17-23-9-4-5-10-24(23)18-29/h4-12,15-16,19H,13-14,17-18H2,1-3H3,(H,30,31)(H,32,33). The fourth-order valence-corrected chi connectivity index (χ4v) is 4.46. The number of fused-ring (bicyclic) bond motifs is 1. The molecule has 4 rings (SSSR count). The van der Waals surface area contributed by atoms with E-state index in [1.54, 1.807) is 18.2 Å². The quantitative estimate of drug-likeness (QED) is 0.468. The fraction of sp³-hybridized carbons (Fsp3) is 0.310. The number of carboxylic acid groups (broad SMARTS) is 1. The van der Waals surface area contributed by atoms with Crippen molar-refractivity contribution < 1.29 is 24.2 Å². The van der Waals surface area contributed by atoms with Crippen LogP contribution in [-0.4, -0.2) is 35.2 Å². The van der Waals surface area contributed by atoms with Crippen LogP contribution in [0.4, 0.5) is 0 Å². The predicted octanol–water partition coefficient (Wildman–Crippen LogP) is 4.76. The van der Waals surface area contributed by atoms with Crippen LogP contribution in [0.5, 0.6) is 11.5 Å². The molecule has 0 saturated carbocycles. The lowest BCUT2D eigenvalue weighted by atomic mass is 9.95. The molecule has 0 fully saturated rings. The van der Waals surface area contributed by atoms with Gasteiger partial charge in [0.2, 0.25) is 0 Å². The number of amides is 1. The van der Waals surface area contributed by atoms with Gasteiger partial charge in [-0.15, -0.1) is 0 Å². The molecular formula is C29H31NO5. The van der Waals surface area contributed by atoms with Crippen molar-refractivity contribution in [1.82, 2.24) is 5.32 Å². The number of rotatable bonds is 9. The number of hydrogen-bond acceptors (Lipinski definition) is 4. The summed E-state index contributed by atoms with van der Waals surface area (Å²) < 4.78 is 11.9. The minimum atomic E-state index is -1.37. The van der Waals surface area contributed by atoms with E-state index in [2.05, 4.69) is 17.4 Å². The molecule has 1 aliphatic carbocycles. The zero-order valence-electron chi connectivity index (χ0n) is 20.3. The predicted molar refractivity (Wildman–Crippen MR) is 134 cm³/mol. The number of ether oxygens (including phenoxy) is 2. The van der Waals surface area contributed by atoms with Crippen LogP contribution in [0.25, 0.3) is 0 Å². The molecular weight excluding hydrogens is 442 g/mol. The lowest BCUT2D eigenvalue weighted by Gasteiger charge is -2.26. The Hall–Kier alpha value is -3.80. The van der Waals surface area contributed by atoms with Gasteiger partial charge in [0.25, 0.3) is 5.91 Å². The number of nitrogens with one attached hydrogen (secondary N) is 1. The third-order valence-electron chi connectivity index (χ3n) is 6.16. The first-order valence-electron chi connectivity index (χ1n) is 11.9. The van der Waals surface area contributed by atoms with E-state index in [4.69, 9.17) is 9.47 Å². The normalized spacial score (nSPS) is 13.8. The van der Waals surface area contributed by atoms with Crippen molar-refractivity contribution in [3.8, 4) is 11.5 Å². The van der Waals surface area contributed by atoms with E-state index in [1.165, 1.54) is 5.56 Å². The Morgan fingerprint density at radius 1 is 0.971 bits per heavy atom. The van der Waals surface area contributed by atoms with Crippen LogP contribution in [0.3, 0.4) is 0 Å². The highest BCUT2D eigenvalue weighted by atomic mass is 16.5. The third-order valence-corrected chi connectivity index (χ3v) is 6.16. The Labute approximate surface area is 205 Å². The van der Waals surface area contributed by atoms with E-state index < -0.39 is 17.4 Å². The summed E-state index contributed by atoms with van der Waals surface area (Å²) in [4.78, 5) is 25.5. The molecule has 3 aromatic carbocycles. The lowest BCUT2D eigenvalue weighted by molar-refractivity contribution is -0.144. The largest absolute Gasteiger partial charge is 0.489 e. The molecule has 1 amide bonds. The van der Waals surface area contributed by atoms with Gasteiger partial charge < -0.3 is 19.9 Å². The molecule has 3 aromatic rings. The van der Waals surface area contributed by atoms with Crippen molar-refractivity contribution in [2.24, 2.45) is 0 Å². The van der Waals surface area contributed by atoms with Crippen LogP contribution in [-0.2, 0) is 24.1 Å². The van der Waals surface area contributed by atoms with E-state index in [9.17, 15) is 14.7 Å². The highest BCUT2D eigenvalue weighted by molar-refractivity contribution is 5.99. The van der Waals surface area contributed by atoms with Gasteiger partial charge in [-0.2, -0.15) is 0 Å². The fourth-order valence-electron chi connectivity index (χ4n) is 4.46. The highest BCUT2D eigenvalue weighted by Crippen LogP contribution is 2.33. The molecule has 0 radical (unpaired) electrons. The molecule has 6 heteroatoms. The minimum absolute atomic E-state index is 0.0685. The maximum absolute atomic E-state index is 13.2. The number of benzene rings is 3.